The first-order valence-electron chi connectivity index (χ1n) is 25.2. The van der Waals surface area contributed by atoms with Crippen molar-refractivity contribution in [3.8, 4) is 0 Å². The number of nitrogens with zero attached hydrogens (tertiary/aromatic N) is 1. The number of carboxylic acids is 2. The van der Waals surface area contributed by atoms with E-state index in [1.54, 1.807) is 14.0 Å². The number of carbonyl (C=O) groups is 7. The molecule has 7 N–H and O–H groups in total. The standard InChI is InChI=1S/C48H89N5O18/c1-40(54)36-68-32-28-65-25-21-50-44(57)38-70-34-31-67-27-23-53(3)45(58)39-71-35-30-66-26-22-51-43(56)37-69-33-29-64-24-20-49-42(55)18-17-41(47(61)62)52-48(2,63)19-15-13-11-9-7-5-4-6-8-10-12-14-16-46(59)60/h41,52,63H,4-39H2,1-3H3,(H,49,55)(H,50,57)(H,51,56)(H,59,60)(H,61,62)/t41-,48?/m0/s1. The number of ether oxygens (including phenoxy) is 8. The molecule has 71 heavy (non-hydrogen) atoms. The van der Waals surface area contributed by atoms with Crippen LogP contribution in [-0.2, 0) is 71.5 Å². The quantitative estimate of drug-likeness (QED) is 0.0336. The molecule has 4 amide bonds. The minimum Gasteiger partial charge on any atom is -0.481 e. The van der Waals surface area contributed by atoms with Gasteiger partial charge in [0.15, 0.2) is 5.78 Å². The molecule has 0 aliphatic carbocycles. The van der Waals surface area contributed by atoms with Crippen molar-refractivity contribution >= 4 is 41.4 Å². The Balaban J connectivity index is 3.71. The number of aliphatic carboxylic acids is 2. The molecule has 0 radical (unpaired) electrons. The molecule has 0 saturated carbocycles. The predicted octanol–water partition coefficient (Wildman–Crippen LogP) is 1.59. The van der Waals surface area contributed by atoms with Crippen LogP contribution in [0.5, 0.6) is 0 Å². The van der Waals surface area contributed by atoms with E-state index in [2.05, 4.69) is 21.3 Å². The van der Waals surface area contributed by atoms with Gasteiger partial charge in [0, 0.05) is 46.1 Å². The van der Waals surface area contributed by atoms with Crippen LogP contribution in [0.3, 0.4) is 0 Å². The van der Waals surface area contributed by atoms with Gasteiger partial charge in [-0.25, -0.2) is 0 Å². The van der Waals surface area contributed by atoms with Gasteiger partial charge in [0.2, 0.25) is 23.6 Å². The maximum absolute atomic E-state index is 12.3. The molecule has 0 heterocycles. The Morgan fingerprint density at radius 2 is 0.887 bits per heavy atom. The van der Waals surface area contributed by atoms with E-state index in [4.69, 9.17) is 43.0 Å². The van der Waals surface area contributed by atoms with Crippen molar-refractivity contribution in [3.05, 3.63) is 0 Å². The molecule has 0 spiro atoms. The Morgan fingerprint density at radius 3 is 1.34 bits per heavy atom. The van der Waals surface area contributed by atoms with Crippen LogP contribution in [0.1, 0.15) is 117 Å². The number of likely N-dealkylation sites (N-methyl/N-ethyl adjacent to an activating group) is 1. The third-order valence-electron chi connectivity index (χ3n) is 10.4. The fourth-order valence-electron chi connectivity index (χ4n) is 6.49. The molecular formula is C48H89N5O18. The summed E-state index contributed by atoms with van der Waals surface area (Å²) in [4.78, 5) is 83.0. The van der Waals surface area contributed by atoms with E-state index in [1.165, 1.54) is 31.1 Å². The summed E-state index contributed by atoms with van der Waals surface area (Å²) in [6.07, 6.45) is 13.1. The average molecular weight is 1020 g/mol. The Morgan fingerprint density at radius 1 is 0.493 bits per heavy atom. The highest BCUT2D eigenvalue weighted by Gasteiger charge is 2.28. The van der Waals surface area contributed by atoms with Crippen molar-refractivity contribution in [2.75, 3.05) is 139 Å². The fourth-order valence-corrected chi connectivity index (χ4v) is 6.49. The average Bonchev–Trinajstić information content (AvgIpc) is 3.32. The van der Waals surface area contributed by atoms with Crippen molar-refractivity contribution in [2.24, 2.45) is 0 Å². The fraction of sp³-hybridized carbons (Fsp3) is 0.854. The lowest BCUT2D eigenvalue weighted by Gasteiger charge is -2.28. The molecule has 0 aliphatic heterocycles. The highest BCUT2D eigenvalue weighted by Crippen LogP contribution is 2.17. The van der Waals surface area contributed by atoms with Crippen LogP contribution in [0.15, 0.2) is 0 Å². The summed E-state index contributed by atoms with van der Waals surface area (Å²) in [7, 11) is 1.63. The van der Waals surface area contributed by atoms with E-state index >= 15 is 0 Å². The zero-order valence-electron chi connectivity index (χ0n) is 42.9. The molecule has 2 atom stereocenters. The van der Waals surface area contributed by atoms with Gasteiger partial charge in [-0.1, -0.05) is 64.2 Å². The monoisotopic (exact) mass is 1020 g/mol. The van der Waals surface area contributed by atoms with E-state index in [9.17, 15) is 43.8 Å². The van der Waals surface area contributed by atoms with Crippen LogP contribution in [0.2, 0.25) is 0 Å². The smallest absolute Gasteiger partial charge is 0.320 e. The van der Waals surface area contributed by atoms with Gasteiger partial charge >= 0.3 is 11.9 Å². The van der Waals surface area contributed by atoms with Crippen molar-refractivity contribution in [1.29, 1.82) is 0 Å². The number of aliphatic hydroxyl groups is 1. The highest BCUT2D eigenvalue weighted by atomic mass is 16.5. The lowest BCUT2D eigenvalue weighted by molar-refractivity contribution is -0.143. The molecule has 0 rings (SSSR count). The summed E-state index contributed by atoms with van der Waals surface area (Å²) in [5.41, 5.74) is -1.38. The summed E-state index contributed by atoms with van der Waals surface area (Å²) < 4.78 is 42.6. The number of carbonyl (C=O) groups excluding carboxylic acids is 5. The van der Waals surface area contributed by atoms with Gasteiger partial charge in [-0.05, 0) is 39.5 Å². The Labute approximate surface area is 420 Å². The lowest BCUT2D eigenvalue weighted by Crippen LogP contribution is -2.51. The van der Waals surface area contributed by atoms with Crippen LogP contribution >= 0.6 is 0 Å². The summed E-state index contributed by atoms with van der Waals surface area (Å²) in [5, 5.41) is 39.9. The van der Waals surface area contributed by atoms with Gasteiger partial charge in [0.05, 0.1) is 79.3 Å². The summed E-state index contributed by atoms with van der Waals surface area (Å²) >= 11 is 0. The number of amides is 4. The second-order valence-electron chi connectivity index (χ2n) is 17.2. The van der Waals surface area contributed by atoms with Gasteiger partial charge in [-0.15, -0.1) is 0 Å². The minimum absolute atomic E-state index is 0.00517. The van der Waals surface area contributed by atoms with Gasteiger partial charge < -0.3 is 74.1 Å². The molecule has 1 unspecified atom stereocenters. The molecule has 0 aromatic rings. The summed E-state index contributed by atoms with van der Waals surface area (Å²) in [6.45, 7) is 6.61. The number of hydrogen-bond donors (Lipinski definition) is 7. The molecule has 0 aromatic heterocycles. The van der Waals surface area contributed by atoms with Crippen molar-refractivity contribution < 1.29 is 86.8 Å². The Hall–Kier alpha value is -3.91. The van der Waals surface area contributed by atoms with Crippen molar-refractivity contribution in [3.63, 3.8) is 0 Å². The van der Waals surface area contributed by atoms with Gasteiger partial charge in [-0.3, -0.25) is 38.9 Å². The molecule has 0 aliphatic rings. The van der Waals surface area contributed by atoms with Gasteiger partial charge in [0.1, 0.15) is 38.2 Å². The lowest BCUT2D eigenvalue weighted by atomic mass is 10.0. The van der Waals surface area contributed by atoms with Crippen LogP contribution < -0.4 is 21.3 Å². The third kappa shape index (κ3) is 48.1. The normalized spacial score (nSPS) is 12.5. The van der Waals surface area contributed by atoms with Crippen LogP contribution in [0.25, 0.3) is 0 Å². The second kappa shape index (κ2) is 47.1. The number of hydrogen-bond acceptors (Lipinski definition) is 17. The van der Waals surface area contributed by atoms with E-state index in [1.807, 2.05) is 0 Å². The van der Waals surface area contributed by atoms with Gasteiger partial charge in [0.25, 0.3) is 0 Å². The highest BCUT2D eigenvalue weighted by molar-refractivity contribution is 5.79. The first-order chi connectivity index (χ1) is 34.1. The number of rotatable bonds is 53. The molecule has 0 fully saturated rings. The number of ketones is 1. The molecule has 0 saturated heterocycles. The minimum atomic E-state index is -1.38. The molecule has 0 bridgehead atoms. The van der Waals surface area contributed by atoms with Crippen molar-refractivity contribution in [2.45, 2.75) is 128 Å². The van der Waals surface area contributed by atoms with E-state index < -0.39 is 23.7 Å². The zero-order valence-corrected chi connectivity index (χ0v) is 42.9. The van der Waals surface area contributed by atoms with Crippen LogP contribution in [0.4, 0.5) is 0 Å². The van der Waals surface area contributed by atoms with Gasteiger partial charge in [-0.2, -0.15) is 0 Å². The second-order valence-corrected chi connectivity index (χ2v) is 17.2. The zero-order chi connectivity index (χ0) is 52.6. The SMILES string of the molecule is CC(=O)COCCOCCNC(=O)COCCOCCN(C)C(=O)COCCOCCNC(=O)COCCOCCNC(=O)CC[C@H](NC(C)(O)CCCCCCCCCCCCCCC(=O)O)C(=O)O. The van der Waals surface area contributed by atoms with Crippen LogP contribution in [0, 0.1) is 0 Å². The summed E-state index contributed by atoms with van der Waals surface area (Å²) in [6, 6.07) is -1.09. The Bertz CT molecular complexity index is 1410. The van der Waals surface area contributed by atoms with Crippen LogP contribution in [-0.4, -0.2) is 212 Å². The number of unbranched alkanes of at least 4 members (excludes halogenated alkanes) is 11. The molecule has 23 heteroatoms. The maximum Gasteiger partial charge on any atom is 0.320 e. The first-order valence-corrected chi connectivity index (χ1v) is 25.2. The van der Waals surface area contributed by atoms with E-state index in [-0.39, 0.29) is 148 Å². The first kappa shape index (κ1) is 67.1. The number of carboxylic acid groups (broad SMARTS) is 2. The van der Waals surface area contributed by atoms with E-state index in [0.717, 1.165) is 57.8 Å². The topological polar surface area (TPSA) is 305 Å². The van der Waals surface area contributed by atoms with E-state index in [0.29, 0.717) is 39.3 Å². The molecule has 414 valence electrons. The predicted molar refractivity (Wildman–Crippen MR) is 261 cm³/mol. The largest absolute Gasteiger partial charge is 0.481 e. The molecular weight excluding hydrogens is 935 g/mol. The molecule has 23 nitrogen and oxygen atoms in total. The third-order valence-corrected chi connectivity index (χ3v) is 10.4. The Kier molecular flexibility index (Phi) is 44.5. The maximum atomic E-state index is 12.3. The van der Waals surface area contributed by atoms with Crippen molar-refractivity contribution in [1.82, 2.24) is 26.2 Å². The summed E-state index contributed by atoms with van der Waals surface area (Å²) in [5.74, 6) is -3.12. The number of nitrogens with one attached hydrogen (secondary N) is 4. The molecule has 0 aromatic carbocycles. The number of Topliss-reactive ketones (excluding diaryl/α,β-unsaturated/α-hetero) is 1.